The highest BCUT2D eigenvalue weighted by Gasteiger charge is 2.32. The summed E-state index contributed by atoms with van der Waals surface area (Å²) in [5, 5.41) is 14.2. The molecule has 1 unspecified atom stereocenters. The number of rotatable bonds is 5. The number of hydrogen-bond acceptors (Lipinski definition) is 3. The SMILES string of the molecule is Cc1ccc(C(Nc2ccc([N+](=O)[O-])cc2)C2CC2)cc1. The van der Waals surface area contributed by atoms with E-state index in [1.807, 2.05) is 0 Å². The molecule has 3 rings (SSSR count). The zero-order chi connectivity index (χ0) is 14.8. The first kappa shape index (κ1) is 13.6. The molecule has 1 saturated carbocycles. The second kappa shape index (κ2) is 5.56. The van der Waals surface area contributed by atoms with E-state index < -0.39 is 0 Å². The van der Waals surface area contributed by atoms with Crippen molar-refractivity contribution in [1.29, 1.82) is 0 Å². The van der Waals surface area contributed by atoms with Gasteiger partial charge in [0.1, 0.15) is 0 Å². The smallest absolute Gasteiger partial charge is 0.269 e. The van der Waals surface area contributed by atoms with Gasteiger partial charge in [0.15, 0.2) is 0 Å². The summed E-state index contributed by atoms with van der Waals surface area (Å²) >= 11 is 0. The van der Waals surface area contributed by atoms with Crippen molar-refractivity contribution in [3.63, 3.8) is 0 Å². The summed E-state index contributed by atoms with van der Waals surface area (Å²) in [6.45, 7) is 2.08. The molecule has 1 N–H and O–H groups in total. The van der Waals surface area contributed by atoms with Gasteiger partial charge in [0.25, 0.3) is 5.69 Å². The number of hydrogen-bond donors (Lipinski definition) is 1. The summed E-state index contributed by atoms with van der Waals surface area (Å²) in [7, 11) is 0. The van der Waals surface area contributed by atoms with Gasteiger partial charge in [-0.3, -0.25) is 10.1 Å². The predicted octanol–water partition coefficient (Wildman–Crippen LogP) is 4.47. The first-order valence-corrected chi connectivity index (χ1v) is 7.21. The number of nitrogens with one attached hydrogen (secondary N) is 1. The van der Waals surface area contributed by atoms with Crippen LogP contribution in [0.25, 0.3) is 0 Å². The van der Waals surface area contributed by atoms with Crippen LogP contribution in [0.2, 0.25) is 0 Å². The minimum absolute atomic E-state index is 0.124. The number of anilines is 1. The van der Waals surface area contributed by atoms with Crippen molar-refractivity contribution in [3.8, 4) is 0 Å². The molecule has 1 aliphatic carbocycles. The van der Waals surface area contributed by atoms with Gasteiger partial charge in [0, 0.05) is 17.8 Å². The first-order chi connectivity index (χ1) is 10.1. The topological polar surface area (TPSA) is 55.2 Å². The Morgan fingerprint density at radius 2 is 1.71 bits per heavy atom. The molecular weight excluding hydrogens is 264 g/mol. The lowest BCUT2D eigenvalue weighted by molar-refractivity contribution is -0.384. The maximum Gasteiger partial charge on any atom is 0.269 e. The molecule has 4 nitrogen and oxygen atoms in total. The van der Waals surface area contributed by atoms with E-state index in [-0.39, 0.29) is 16.7 Å². The number of non-ortho nitro benzene ring substituents is 1. The second-order valence-electron chi connectivity index (χ2n) is 5.67. The fourth-order valence-corrected chi connectivity index (χ4v) is 2.54. The zero-order valence-corrected chi connectivity index (χ0v) is 12.0. The number of nitro benzene ring substituents is 1. The molecule has 108 valence electrons. The van der Waals surface area contributed by atoms with Crippen LogP contribution in [0.4, 0.5) is 11.4 Å². The van der Waals surface area contributed by atoms with E-state index in [2.05, 4.69) is 36.5 Å². The fraction of sp³-hybridized carbons (Fsp3) is 0.294. The molecule has 1 atom stereocenters. The quantitative estimate of drug-likeness (QED) is 0.650. The number of nitrogens with zero attached hydrogens (tertiary/aromatic N) is 1. The maximum atomic E-state index is 10.7. The van der Waals surface area contributed by atoms with E-state index in [1.165, 1.54) is 24.0 Å². The molecule has 2 aromatic carbocycles. The molecule has 0 saturated heterocycles. The molecule has 2 aromatic rings. The van der Waals surface area contributed by atoms with Crippen molar-refractivity contribution in [2.45, 2.75) is 25.8 Å². The van der Waals surface area contributed by atoms with Gasteiger partial charge in [-0.2, -0.15) is 0 Å². The lowest BCUT2D eigenvalue weighted by Crippen LogP contribution is -2.12. The molecule has 0 amide bonds. The van der Waals surface area contributed by atoms with Crippen LogP contribution < -0.4 is 5.32 Å². The Hall–Kier alpha value is -2.36. The van der Waals surface area contributed by atoms with E-state index in [1.54, 1.807) is 24.3 Å². The van der Waals surface area contributed by atoms with Gasteiger partial charge in [-0.25, -0.2) is 0 Å². The van der Waals surface area contributed by atoms with E-state index in [4.69, 9.17) is 0 Å². The average molecular weight is 282 g/mol. The summed E-state index contributed by atoms with van der Waals surface area (Å²) in [5.41, 5.74) is 3.59. The van der Waals surface area contributed by atoms with Crippen molar-refractivity contribution < 1.29 is 4.92 Å². The van der Waals surface area contributed by atoms with Gasteiger partial charge in [-0.15, -0.1) is 0 Å². The molecular formula is C17H18N2O2. The molecule has 0 heterocycles. The minimum Gasteiger partial charge on any atom is -0.378 e. The Balaban J connectivity index is 1.79. The van der Waals surface area contributed by atoms with Crippen LogP contribution in [0, 0.1) is 23.0 Å². The Bertz CT molecular complexity index is 631. The van der Waals surface area contributed by atoms with E-state index >= 15 is 0 Å². The van der Waals surface area contributed by atoms with Crippen molar-refractivity contribution >= 4 is 11.4 Å². The third-order valence-corrected chi connectivity index (χ3v) is 3.93. The van der Waals surface area contributed by atoms with E-state index in [0.717, 1.165) is 5.69 Å². The third kappa shape index (κ3) is 3.21. The highest BCUT2D eigenvalue weighted by atomic mass is 16.6. The van der Waals surface area contributed by atoms with Gasteiger partial charge in [0.2, 0.25) is 0 Å². The van der Waals surface area contributed by atoms with Gasteiger partial charge < -0.3 is 5.32 Å². The van der Waals surface area contributed by atoms with Crippen molar-refractivity contribution in [1.82, 2.24) is 0 Å². The van der Waals surface area contributed by atoms with Crippen LogP contribution >= 0.6 is 0 Å². The summed E-state index contributed by atoms with van der Waals surface area (Å²) in [5.74, 6) is 0.655. The Morgan fingerprint density at radius 1 is 1.10 bits per heavy atom. The monoisotopic (exact) mass is 282 g/mol. The molecule has 4 heteroatoms. The van der Waals surface area contributed by atoms with Crippen molar-refractivity contribution in [3.05, 3.63) is 69.8 Å². The lowest BCUT2D eigenvalue weighted by atomic mass is 10.0. The Labute approximate surface area is 124 Å². The van der Waals surface area contributed by atoms with Crippen molar-refractivity contribution in [2.24, 2.45) is 5.92 Å². The molecule has 0 aromatic heterocycles. The van der Waals surface area contributed by atoms with Crippen LogP contribution in [-0.2, 0) is 0 Å². The highest BCUT2D eigenvalue weighted by molar-refractivity contribution is 5.50. The molecule has 1 fully saturated rings. The number of aryl methyl sites for hydroxylation is 1. The highest BCUT2D eigenvalue weighted by Crippen LogP contribution is 2.43. The van der Waals surface area contributed by atoms with Crippen LogP contribution in [0.15, 0.2) is 48.5 Å². The number of nitro groups is 1. The lowest BCUT2D eigenvalue weighted by Gasteiger charge is -2.20. The fourth-order valence-electron chi connectivity index (χ4n) is 2.54. The van der Waals surface area contributed by atoms with Crippen molar-refractivity contribution in [2.75, 3.05) is 5.32 Å². The van der Waals surface area contributed by atoms with Gasteiger partial charge >= 0.3 is 0 Å². The summed E-state index contributed by atoms with van der Waals surface area (Å²) in [6, 6.07) is 15.5. The minimum atomic E-state index is -0.373. The van der Waals surface area contributed by atoms with Crippen LogP contribution in [0.5, 0.6) is 0 Å². The first-order valence-electron chi connectivity index (χ1n) is 7.21. The van der Waals surface area contributed by atoms with Gasteiger partial charge in [-0.1, -0.05) is 29.8 Å². The molecule has 21 heavy (non-hydrogen) atoms. The molecule has 0 radical (unpaired) electrons. The Kier molecular flexibility index (Phi) is 3.60. The van der Waals surface area contributed by atoms with E-state index in [0.29, 0.717) is 5.92 Å². The van der Waals surface area contributed by atoms with Crippen LogP contribution in [-0.4, -0.2) is 4.92 Å². The molecule has 0 aliphatic heterocycles. The molecule has 1 aliphatic rings. The molecule has 0 spiro atoms. The third-order valence-electron chi connectivity index (χ3n) is 3.93. The predicted molar refractivity (Wildman–Crippen MR) is 83.4 cm³/mol. The summed E-state index contributed by atoms with van der Waals surface area (Å²) < 4.78 is 0. The van der Waals surface area contributed by atoms with Crippen LogP contribution in [0.1, 0.15) is 30.0 Å². The molecule has 0 bridgehead atoms. The largest absolute Gasteiger partial charge is 0.378 e. The zero-order valence-electron chi connectivity index (χ0n) is 12.0. The second-order valence-corrected chi connectivity index (χ2v) is 5.67. The average Bonchev–Trinajstić information content (AvgIpc) is 3.31. The van der Waals surface area contributed by atoms with Gasteiger partial charge in [-0.05, 0) is 43.4 Å². The van der Waals surface area contributed by atoms with Crippen LogP contribution in [0.3, 0.4) is 0 Å². The maximum absolute atomic E-state index is 10.7. The Morgan fingerprint density at radius 3 is 2.24 bits per heavy atom. The summed E-state index contributed by atoms with van der Waals surface area (Å²) in [6.07, 6.45) is 2.47. The number of benzene rings is 2. The van der Waals surface area contributed by atoms with E-state index in [9.17, 15) is 10.1 Å². The normalized spacial score (nSPS) is 15.5. The summed E-state index contributed by atoms with van der Waals surface area (Å²) in [4.78, 5) is 10.3. The standard InChI is InChI=1S/C17H18N2O2/c1-12-2-4-13(5-3-12)17(14-6-7-14)18-15-8-10-16(11-9-15)19(20)21/h2-5,8-11,14,17-18H,6-7H2,1H3. The van der Waals surface area contributed by atoms with Gasteiger partial charge in [0.05, 0.1) is 11.0 Å².